The Balaban J connectivity index is 1.36. The molecule has 1 fully saturated rings. The van der Waals surface area contributed by atoms with Crippen LogP contribution in [0.25, 0.3) is 33.1 Å². The molecular formula is C37H31BO3. The Morgan fingerprint density at radius 3 is 1.71 bits per heavy atom. The molecule has 8 rings (SSSR count). The fourth-order valence-electron chi connectivity index (χ4n) is 6.85. The van der Waals surface area contributed by atoms with Gasteiger partial charge in [0.15, 0.2) is 0 Å². The lowest BCUT2D eigenvalue weighted by Gasteiger charge is -2.34. The van der Waals surface area contributed by atoms with E-state index in [9.17, 15) is 0 Å². The zero-order valence-corrected chi connectivity index (χ0v) is 23.8. The van der Waals surface area contributed by atoms with E-state index < -0.39 is 12.5 Å². The Hall–Kier alpha value is -4.12. The van der Waals surface area contributed by atoms with Gasteiger partial charge in [-0.15, -0.1) is 0 Å². The van der Waals surface area contributed by atoms with Crippen molar-refractivity contribution in [3.63, 3.8) is 0 Å². The molecule has 0 bridgehead atoms. The molecule has 0 amide bonds. The average molecular weight is 534 g/mol. The molecule has 5 aromatic carbocycles. The number of furan rings is 1. The fraction of sp³-hybridized carbons (Fsp3) is 0.189. The van der Waals surface area contributed by atoms with E-state index in [1.165, 1.54) is 33.4 Å². The molecule has 6 aromatic rings. The second-order valence-electron chi connectivity index (χ2n) is 12.4. The molecule has 41 heavy (non-hydrogen) atoms. The third kappa shape index (κ3) is 3.35. The summed E-state index contributed by atoms with van der Waals surface area (Å²) in [7, 11) is -0.403. The molecule has 1 aromatic heterocycles. The lowest BCUT2D eigenvalue weighted by atomic mass is 9.66. The Morgan fingerprint density at radius 1 is 0.512 bits per heavy atom. The highest BCUT2D eigenvalue weighted by Crippen LogP contribution is 2.56. The van der Waals surface area contributed by atoms with Gasteiger partial charge in [0.1, 0.15) is 11.2 Å². The second-order valence-corrected chi connectivity index (χ2v) is 12.4. The minimum Gasteiger partial charge on any atom is -0.456 e. The maximum Gasteiger partial charge on any atom is 0.494 e. The molecule has 0 spiro atoms. The zero-order valence-electron chi connectivity index (χ0n) is 23.8. The van der Waals surface area contributed by atoms with E-state index in [1.807, 2.05) is 12.1 Å². The van der Waals surface area contributed by atoms with Gasteiger partial charge in [-0.2, -0.15) is 0 Å². The van der Waals surface area contributed by atoms with Gasteiger partial charge in [0.25, 0.3) is 0 Å². The minimum atomic E-state index is -0.505. The summed E-state index contributed by atoms with van der Waals surface area (Å²) in [6.07, 6.45) is 0. The SMILES string of the molecule is CC1(C)OB(c2ccc(C3(c4ccc5c(c4)oc4ccccc45)c4ccccc4-c4ccccc43)cc2)OC1(C)C. The average Bonchev–Trinajstić information content (AvgIpc) is 3.57. The van der Waals surface area contributed by atoms with Crippen LogP contribution in [0.4, 0.5) is 0 Å². The van der Waals surface area contributed by atoms with Gasteiger partial charge in [0.2, 0.25) is 0 Å². The summed E-state index contributed by atoms with van der Waals surface area (Å²) in [5.41, 5.74) is 9.03. The molecule has 0 N–H and O–H groups in total. The van der Waals surface area contributed by atoms with E-state index in [0.717, 1.165) is 27.4 Å². The number of benzene rings is 5. The van der Waals surface area contributed by atoms with Crippen molar-refractivity contribution in [3.05, 3.63) is 138 Å². The normalized spacial score (nSPS) is 18.1. The quantitative estimate of drug-likeness (QED) is 0.214. The highest BCUT2D eigenvalue weighted by atomic mass is 16.7. The molecule has 4 heteroatoms. The van der Waals surface area contributed by atoms with Crippen molar-refractivity contribution in [1.29, 1.82) is 0 Å². The third-order valence-corrected chi connectivity index (χ3v) is 9.63. The number of rotatable bonds is 3. The number of para-hydroxylation sites is 1. The summed E-state index contributed by atoms with van der Waals surface area (Å²) in [4.78, 5) is 0. The van der Waals surface area contributed by atoms with Crippen LogP contribution in [0.5, 0.6) is 0 Å². The van der Waals surface area contributed by atoms with Gasteiger partial charge in [-0.1, -0.05) is 103 Å². The highest BCUT2D eigenvalue weighted by molar-refractivity contribution is 6.62. The first-order chi connectivity index (χ1) is 19.8. The van der Waals surface area contributed by atoms with Crippen molar-refractivity contribution in [3.8, 4) is 11.1 Å². The summed E-state index contributed by atoms with van der Waals surface area (Å²) >= 11 is 0. The van der Waals surface area contributed by atoms with Gasteiger partial charge in [-0.3, -0.25) is 0 Å². The van der Waals surface area contributed by atoms with Crippen LogP contribution in [-0.4, -0.2) is 18.3 Å². The zero-order chi connectivity index (χ0) is 28.0. The smallest absolute Gasteiger partial charge is 0.456 e. The van der Waals surface area contributed by atoms with E-state index in [-0.39, 0.29) is 11.2 Å². The summed E-state index contributed by atoms with van der Waals surface area (Å²) in [5, 5.41) is 2.28. The molecule has 0 atom stereocenters. The molecule has 0 saturated carbocycles. The Bertz CT molecular complexity index is 1900. The van der Waals surface area contributed by atoms with Crippen LogP contribution >= 0.6 is 0 Å². The van der Waals surface area contributed by atoms with E-state index in [2.05, 4.69) is 131 Å². The topological polar surface area (TPSA) is 31.6 Å². The van der Waals surface area contributed by atoms with Crippen LogP contribution in [-0.2, 0) is 14.7 Å². The van der Waals surface area contributed by atoms with Gasteiger partial charge in [0, 0.05) is 10.8 Å². The molecule has 200 valence electrons. The Kier molecular flexibility index (Phi) is 5.08. The van der Waals surface area contributed by atoms with Crippen LogP contribution in [0.1, 0.15) is 49.9 Å². The van der Waals surface area contributed by atoms with Crippen molar-refractivity contribution in [2.45, 2.75) is 44.3 Å². The molecule has 2 heterocycles. The number of hydrogen-bond donors (Lipinski definition) is 0. The van der Waals surface area contributed by atoms with E-state index in [1.54, 1.807) is 0 Å². The summed E-state index contributed by atoms with van der Waals surface area (Å²) in [6.45, 7) is 8.38. The Labute approximate surface area is 240 Å². The molecule has 0 radical (unpaired) electrons. The van der Waals surface area contributed by atoms with Crippen LogP contribution in [0, 0.1) is 0 Å². The van der Waals surface area contributed by atoms with Crippen molar-refractivity contribution in [1.82, 2.24) is 0 Å². The maximum absolute atomic E-state index is 6.40. The van der Waals surface area contributed by atoms with E-state index in [0.29, 0.717) is 0 Å². The van der Waals surface area contributed by atoms with Gasteiger partial charge < -0.3 is 13.7 Å². The van der Waals surface area contributed by atoms with Gasteiger partial charge in [-0.05, 0) is 78.7 Å². The predicted molar refractivity (Wildman–Crippen MR) is 167 cm³/mol. The van der Waals surface area contributed by atoms with Gasteiger partial charge in [0.05, 0.1) is 16.6 Å². The van der Waals surface area contributed by atoms with Crippen LogP contribution in [0.3, 0.4) is 0 Å². The van der Waals surface area contributed by atoms with Crippen molar-refractivity contribution in [2.24, 2.45) is 0 Å². The summed E-state index contributed by atoms with van der Waals surface area (Å²) in [5.74, 6) is 0. The molecular weight excluding hydrogens is 503 g/mol. The minimum absolute atomic E-state index is 0.386. The number of hydrogen-bond acceptors (Lipinski definition) is 3. The van der Waals surface area contributed by atoms with Crippen LogP contribution < -0.4 is 5.46 Å². The van der Waals surface area contributed by atoms with Crippen LogP contribution in [0.2, 0.25) is 0 Å². The summed E-state index contributed by atoms with van der Waals surface area (Å²) < 4.78 is 19.2. The van der Waals surface area contributed by atoms with E-state index >= 15 is 0 Å². The monoisotopic (exact) mass is 534 g/mol. The second kappa shape index (κ2) is 8.45. The molecule has 1 aliphatic heterocycles. The van der Waals surface area contributed by atoms with Crippen molar-refractivity contribution < 1.29 is 13.7 Å². The van der Waals surface area contributed by atoms with Crippen molar-refractivity contribution in [2.75, 3.05) is 0 Å². The summed E-state index contributed by atoms with van der Waals surface area (Å²) in [6, 6.07) is 41.5. The molecule has 1 saturated heterocycles. The molecule has 2 aliphatic rings. The van der Waals surface area contributed by atoms with Gasteiger partial charge in [-0.25, -0.2) is 0 Å². The lowest BCUT2D eigenvalue weighted by molar-refractivity contribution is 0.00578. The van der Waals surface area contributed by atoms with Crippen LogP contribution in [0.15, 0.2) is 120 Å². The molecule has 1 aliphatic carbocycles. The largest absolute Gasteiger partial charge is 0.494 e. The molecule has 3 nitrogen and oxygen atoms in total. The first-order valence-electron chi connectivity index (χ1n) is 14.4. The maximum atomic E-state index is 6.40. The predicted octanol–water partition coefficient (Wildman–Crippen LogP) is 8.25. The highest BCUT2D eigenvalue weighted by Gasteiger charge is 2.52. The van der Waals surface area contributed by atoms with Gasteiger partial charge >= 0.3 is 7.12 Å². The molecule has 0 unspecified atom stereocenters. The lowest BCUT2D eigenvalue weighted by Crippen LogP contribution is -2.41. The standard InChI is InChI=1S/C37H31BO3/c1-35(2)36(3,4)41-38(40-35)26-20-17-24(18-21-26)37(31-14-8-5-11-27(31)28-12-6-9-15-32(28)37)25-19-22-30-29-13-7-10-16-33(29)39-34(30)23-25/h5-23H,1-4H3. The first kappa shape index (κ1) is 24.7. The first-order valence-corrected chi connectivity index (χ1v) is 14.4. The Morgan fingerprint density at radius 2 is 1.05 bits per heavy atom. The van der Waals surface area contributed by atoms with Crippen molar-refractivity contribution >= 4 is 34.5 Å². The van der Waals surface area contributed by atoms with E-state index in [4.69, 9.17) is 13.7 Å². The fourth-order valence-corrected chi connectivity index (χ4v) is 6.85. The third-order valence-electron chi connectivity index (χ3n) is 9.63. The number of fused-ring (bicyclic) bond motifs is 6.